The van der Waals surface area contributed by atoms with Crippen LogP contribution in [0.5, 0.6) is 0 Å². The third-order valence-electron chi connectivity index (χ3n) is 2.45. The fourth-order valence-electron chi connectivity index (χ4n) is 1.32. The van der Waals surface area contributed by atoms with Crippen molar-refractivity contribution in [1.29, 1.82) is 0 Å². The summed E-state index contributed by atoms with van der Waals surface area (Å²) < 4.78 is 0. The average molecular weight is 192 g/mol. The highest BCUT2D eigenvalue weighted by molar-refractivity contribution is 5.47. The lowest BCUT2D eigenvalue weighted by Crippen LogP contribution is -2.25. The van der Waals surface area contributed by atoms with Crippen molar-refractivity contribution in [1.82, 2.24) is 0 Å². The molecule has 0 radical (unpaired) electrons. The van der Waals surface area contributed by atoms with Crippen LogP contribution in [0, 0.1) is 0 Å². The van der Waals surface area contributed by atoms with Gasteiger partial charge in [0.15, 0.2) is 0 Å². The molecule has 2 heteroatoms. The number of hydrogen-bond acceptors (Lipinski definition) is 2. The Morgan fingerprint density at radius 1 is 1.14 bits per heavy atom. The molecular weight excluding hydrogens is 172 g/mol. The van der Waals surface area contributed by atoms with Gasteiger partial charge in [0.25, 0.3) is 0 Å². The van der Waals surface area contributed by atoms with Gasteiger partial charge in [-0.1, -0.05) is 32.9 Å². The lowest BCUT2D eigenvalue weighted by molar-refractivity contribution is 0.590. The van der Waals surface area contributed by atoms with Crippen LogP contribution in [-0.4, -0.2) is 13.7 Å². The molecule has 1 rings (SSSR count). The topological polar surface area (TPSA) is 29.3 Å². The van der Waals surface area contributed by atoms with Gasteiger partial charge in [0, 0.05) is 12.7 Å². The Labute approximate surface area is 86.7 Å². The SMILES string of the molecule is CN(CN)c1ccc(C(C)(C)C)cc1. The van der Waals surface area contributed by atoms with Crippen molar-refractivity contribution in [2.45, 2.75) is 26.2 Å². The maximum Gasteiger partial charge on any atom is 0.0653 e. The van der Waals surface area contributed by atoms with Gasteiger partial charge in [-0.2, -0.15) is 0 Å². The lowest BCUT2D eigenvalue weighted by Gasteiger charge is -2.21. The second-order valence-corrected chi connectivity index (χ2v) is 4.68. The second-order valence-electron chi connectivity index (χ2n) is 4.68. The molecule has 0 fully saturated rings. The van der Waals surface area contributed by atoms with E-state index in [1.165, 1.54) is 11.3 Å². The van der Waals surface area contributed by atoms with E-state index in [1.807, 2.05) is 11.9 Å². The van der Waals surface area contributed by atoms with E-state index in [0.29, 0.717) is 6.67 Å². The molecule has 0 heterocycles. The van der Waals surface area contributed by atoms with E-state index in [9.17, 15) is 0 Å². The van der Waals surface area contributed by atoms with E-state index in [4.69, 9.17) is 5.73 Å². The summed E-state index contributed by atoms with van der Waals surface area (Å²) in [6, 6.07) is 8.57. The Morgan fingerprint density at radius 2 is 1.64 bits per heavy atom. The number of anilines is 1. The molecule has 14 heavy (non-hydrogen) atoms. The number of hydrogen-bond donors (Lipinski definition) is 1. The molecule has 0 atom stereocenters. The molecule has 0 amide bonds. The highest BCUT2D eigenvalue weighted by atomic mass is 15.1. The molecule has 0 aliphatic rings. The van der Waals surface area contributed by atoms with Crippen molar-refractivity contribution >= 4 is 5.69 Å². The van der Waals surface area contributed by atoms with Crippen LogP contribution in [0.2, 0.25) is 0 Å². The molecule has 0 saturated heterocycles. The molecule has 0 aliphatic carbocycles. The Balaban J connectivity index is 2.89. The highest BCUT2D eigenvalue weighted by Gasteiger charge is 2.12. The van der Waals surface area contributed by atoms with Gasteiger partial charge < -0.3 is 10.6 Å². The average Bonchev–Trinajstić information content (AvgIpc) is 2.15. The van der Waals surface area contributed by atoms with Gasteiger partial charge >= 0.3 is 0 Å². The summed E-state index contributed by atoms with van der Waals surface area (Å²) in [6.45, 7) is 7.20. The molecule has 0 aromatic heterocycles. The van der Waals surface area contributed by atoms with Crippen LogP contribution in [-0.2, 0) is 5.41 Å². The molecule has 1 aromatic carbocycles. The third-order valence-corrected chi connectivity index (χ3v) is 2.45. The van der Waals surface area contributed by atoms with Gasteiger partial charge in [-0.3, -0.25) is 0 Å². The monoisotopic (exact) mass is 192 g/mol. The number of nitrogens with zero attached hydrogens (tertiary/aromatic N) is 1. The van der Waals surface area contributed by atoms with E-state index < -0.39 is 0 Å². The quantitative estimate of drug-likeness (QED) is 0.729. The molecule has 2 N–H and O–H groups in total. The van der Waals surface area contributed by atoms with Gasteiger partial charge in [-0.25, -0.2) is 0 Å². The summed E-state index contributed by atoms with van der Waals surface area (Å²) in [4.78, 5) is 2.02. The predicted molar refractivity (Wildman–Crippen MR) is 62.6 cm³/mol. The van der Waals surface area contributed by atoms with Crippen LogP contribution in [0.4, 0.5) is 5.69 Å². The van der Waals surface area contributed by atoms with Crippen LogP contribution < -0.4 is 10.6 Å². The summed E-state index contributed by atoms with van der Waals surface area (Å²) in [6.07, 6.45) is 0. The molecule has 78 valence electrons. The number of nitrogens with two attached hydrogens (primary N) is 1. The molecule has 2 nitrogen and oxygen atoms in total. The Kier molecular flexibility index (Phi) is 3.17. The van der Waals surface area contributed by atoms with E-state index in [0.717, 1.165) is 0 Å². The molecule has 0 spiro atoms. The number of rotatable bonds is 2. The molecule has 0 aliphatic heterocycles. The fraction of sp³-hybridized carbons (Fsp3) is 0.500. The first kappa shape index (κ1) is 11.1. The summed E-state index contributed by atoms with van der Waals surface area (Å²) in [5.41, 5.74) is 8.30. The smallest absolute Gasteiger partial charge is 0.0653 e. The van der Waals surface area contributed by atoms with Gasteiger partial charge in [0.1, 0.15) is 0 Å². The zero-order valence-corrected chi connectivity index (χ0v) is 9.54. The van der Waals surface area contributed by atoms with Crippen molar-refractivity contribution < 1.29 is 0 Å². The Morgan fingerprint density at radius 3 is 2.00 bits per heavy atom. The van der Waals surface area contributed by atoms with Crippen molar-refractivity contribution in [2.75, 3.05) is 18.6 Å². The van der Waals surface area contributed by atoms with E-state index in [-0.39, 0.29) is 5.41 Å². The number of benzene rings is 1. The summed E-state index contributed by atoms with van der Waals surface area (Å²) in [5, 5.41) is 0. The van der Waals surface area contributed by atoms with Crippen LogP contribution in [0.1, 0.15) is 26.3 Å². The lowest BCUT2D eigenvalue weighted by atomic mass is 9.87. The van der Waals surface area contributed by atoms with Crippen molar-refractivity contribution in [2.24, 2.45) is 5.73 Å². The first-order chi connectivity index (χ1) is 6.45. The van der Waals surface area contributed by atoms with Crippen LogP contribution in [0.15, 0.2) is 24.3 Å². The van der Waals surface area contributed by atoms with Crippen molar-refractivity contribution in [3.05, 3.63) is 29.8 Å². The second kappa shape index (κ2) is 4.01. The van der Waals surface area contributed by atoms with Crippen LogP contribution >= 0.6 is 0 Å². The molecule has 0 unspecified atom stereocenters. The Hall–Kier alpha value is -1.02. The van der Waals surface area contributed by atoms with E-state index in [1.54, 1.807) is 0 Å². The van der Waals surface area contributed by atoms with E-state index >= 15 is 0 Å². The molecular formula is C12H20N2. The highest BCUT2D eigenvalue weighted by Crippen LogP contribution is 2.24. The minimum atomic E-state index is 0.222. The maximum atomic E-state index is 5.55. The molecule has 1 aromatic rings. The fourth-order valence-corrected chi connectivity index (χ4v) is 1.32. The van der Waals surface area contributed by atoms with Gasteiger partial charge in [0.05, 0.1) is 6.67 Å². The minimum Gasteiger partial charge on any atom is -0.362 e. The van der Waals surface area contributed by atoms with E-state index in [2.05, 4.69) is 45.0 Å². The zero-order valence-electron chi connectivity index (χ0n) is 9.54. The summed E-state index contributed by atoms with van der Waals surface area (Å²) in [7, 11) is 1.99. The zero-order chi connectivity index (χ0) is 10.8. The first-order valence-electron chi connectivity index (χ1n) is 4.97. The standard InChI is InChI=1S/C12H20N2/c1-12(2,3)10-5-7-11(8-6-10)14(4)9-13/h5-8H,9,13H2,1-4H3. The summed E-state index contributed by atoms with van der Waals surface area (Å²) in [5.74, 6) is 0. The van der Waals surface area contributed by atoms with Crippen molar-refractivity contribution in [3.63, 3.8) is 0 Å². The third kappa shape index (κ3) is 2.48. The molecule has 0 bridgehead atoms. The first-order valence-corrected chi connectivity index (χ1v) is 4.97. The van der Waals surface area contributed by atoms with Gasteiger partial charge in [-0.15, -0.1) is 0 Å². The molecule has 0 saturated carbocycles. The van der Waals surface area contributed by atoms with Crippen LogP contribution in [0.3, 0.4) is 0 Å². The predicted octanol–water partition coefficient (Wildman–Crippen LogP) is 2.34. The van der Waals surface area contributed by atoms with Gasteiger partial charge in [0.2, 0.25) is 0 Å². The maximum absolute atomic E-state index is 5.55. The normalized spacial score (nSPS) is 11.5. The van der Waals surface area contributed by atoms with Crippen molar-refractivity contribution in [3.8, 4) is 0 Å². The summed E-state index contributed by atoms with van der Waals surface area (Å²) >= 11 is 0. The van der Waals surface area contributed by atoms with Crippen LogP contribution in [0.25, 0.3) is 0 Å². The minimum absolute atomic E-state index is 0.222. The van der Waals surface area contributed by atoms with Gasteiger partial charge in [-0.05, 0) is 23.1 Å². The largest absolute Gasteiger partial charge is 0.362 e. The Bertz CT molecular complexity index is 282.